The van der Waals surface area contributed by atoms with Gasteiger partial charge in [-0.1, -0.05) is 42.5 Å². The number of amides is 2. The lowest BCUT2D eigenvalue weighted by molar-refractivity contribution is -0.117. The molecule has 2 amide bonds. The molecule has 0 atom stereocenters. The summed E-state index contributed by atoms with van der Waals surface area (Å²) in [5, 5.41) is 6.11. The van der Waals surface area contributed by atoms with Crippen molar-refractivity contribution in [1.82, 2.24) is 10.2 Å². The van der Waals surface area contributed by atoms with E-state index in [0.717, 1.165) is 52.5 Å². The third-order valence-corrected chi connectivity index (χ3v) is 6.53. The van der Waals surface area contributed by atoms with Crippen molar-refractivity contribution in [2.24, 2.45) is 0 Å². The van der Waals surface area contributed by atoms with Crippen molar-refractivity contribution in [2.45, 2.75) is 25.8 Å². The van der Waals surface area contributed by atoms with E-state index in [-0.39, 0.29) is 17.9 Å². The van der Waals surface area contributed by atoms with Gasteiger partial charge in [0.25, 0.3) is 5.91 Å². The van der Waals surface area contributed by atoms with Crippen molar-refractivity contribution in [3.8, 4) is 11.1 Å². The number of likely N-dealkylation sites (tertiary alicyclic amines) is 1. The van der Waals surface area contributed by atoms with Crippen molar-refractivity contribution >= 4 is 28.8 Å². The average Bonchev–Trinajstić information content (AvgIpc) is 3.23. The third kappa shape index (κ3) is 5.81. The lowest BCUT2D eigenvalue weighted by Gasteiger charge is -2.31. The summed E-state index contributed by atoms with van der Waals surface area (Å²) in [5.41, 5.74) is 3.09. The fourth-order valence-corrected chi connectivity index (χ4v) is 4.60. The Morgan fingerprint density at radius 3 is 2.26 bits per heavy atom. The molecule has 0 radical (unpaired) electrons. The van der Waals surface area contributed by atoms with Crippen molar-refractivity contribution < 1.29 is 9.59 Å². The molecule has 0 saturated carbocycles. The second-order valence-electron chi connectivity index (χ2n) is 7.93. The van der Waals surface area contributed by atoms with Crippen LogP contribution in [0, 0.1) is 6.92 Å². The van der Waals surface area contributed by atoms with Gasteiger partial charge in [0.2, 0.25) is 5.91 Å². The summed E-state index contributed by atoms with van der Waals surface area (Å²) >= 11 is 1.52. The van der Waals surface area contributed by atoms with Crippen molar-refractivity contribution in [3.63, 3.8) is 0 Å². The minimum absolute atomic E-state index is 0.00763. The summed E-state index contributed by atoms with van der Waals surface area (Å²) in [6, 6.07) is 22.1. The Morgan fingerprint density at radius 2 is 1.61 bits per heavy atom. The lowest BCUT2D eigenvalue weighted by atomic mass is 10.0. The summed E-state index contributed by atoms with van der Waals surface area (Å²) in [4.78, 5) is 28.8. The standard InChI is InChI=1S/C25H27N3O2S/c1-18-7-12-23(31-18)25(30)27-22-13-15-28(16-14-22)17-24(29)26-21-10-8-20(9-11-21)19-5-3-2-4-6-19/h2-12,22H,13-17H2,1H3,(H,26,29)(H,27,30). The molecule has 3 aromatic rings. The smallest absolute Gasteiger partial charge is 0.261 e. The van der Waals surface area contributed by atoms with Gasteiger partial charge in [0.05, 0.1) is 11.4 Å². The van der Waals surface area contributed by atoms with Gasteiger partial charge in [-0.05, 0) is 55.2 Å². The summed E-state index contributed by atoms with van der Waals surface area (Å²) in [6.45, 7) is 3.97. The number of anilines is 1. The van der Waals surface area contributed by atoms with Crippen molar-refractivity contribution in [3.05, 3.63) is 76.5 Å². The lowest BCUT2D eigenvalue weighted by Crippen LogP contribution is -2.46. The Bertz CT molecular complexity index is 1020. The molecule has 1 saturated heterocycles. The first kappa shape index (κ1) is 21.3. The molecular weight excluding hydrogens is 406 g/mol. The van der Waals surface area contributed by atoms with Crippen LogP contribution in [-0.2, 0) is 4.79 Å². The van der Waals surface area contributed by atoms with Crippen LogP contribution in [0.15, 0.2) is 66.7 Å². The number of rotatable bonds is 6. The highest BCUT2D eigenvalue weighted by Crippen LogP contribution is 2.21. The average molecular weight is 434 g/mol. The largest absolute Gasteiger partial charge is 0.349 e. The van der Waals surface area contributed by atoms with Crippen LogP contribution in [0.5, 0.6) is 0 Å². The number of benzene rings is 2. The normalized spacial score (nSPS) is 14.9. The molecule has 160 valence electrons. The second kappa shape index (κ2) is 9.90. The maximum Gasteiger partial charge on any atom is 0.261 e. The van der Waals surface area contributed by atoms with E-state index in [9.17, 15) is 9.59 Å². The molecule has 1 aromatic heterocycles. The summed E-state index contributed by atoms with van der Waals surface area (Å²) in [6.07, 6.45) is 1.71. The van der Waals surface area contributed by atoms with Gasteiger partial charge in [-0.25, -0.2) is 0 Å². The van der Waals surface area contributed by atoms with Gasteiger partial charge in [0, 0.05) is 29.7 Å². The highest BCUT2D eigenvalue weighted by molar-refractivity contribution is 7.13. The van der Waals surface area contributed by atoms with Gasteiger partial charge in [0.1, 0.15) is 0 Å². The van der Waals surface area contributed by atoms with E-state index in [1.54, 1.807) is 0 Å². The molecule has 31 heavy (non-hydrogen) atoms. The molecular formula is C25H27N3O2S. The quantitative estimate of drug-likeness (QED) is 0.599. The number of hydrogen-bond acceptors (Lipinski definition) is 4. The Morgan fingerprint density at radius 1 is 0.935 bits per heavy atom. The van der Waals surface area contributed by atoms with Crippen LogP contribution in [0.1, 0.15) is 27.4 Å². The molecule has 0 unspecified atom stereocenters. The van der Waals surface area contributed by atoms with Gasteiger partial charge in [0.15, 0.2) is 0 Å². The van der Waals surface area contributed by atoms with E-state index in [4.69, 9.17) is 0 Å². The molecule has 1 aliphatic heterocycles. The van der Waals surface area contributed by atoms with E-state index in [0.29, 0.717) is 6.54 Å². The van der Waals surface area contributed by atoms with Crippen LogP contribution in [0.25, 0.3) is 11.1 Å². The van der Waals surface area contributed by atoms with E-state index < -0.39 is 0 Å². The van der Waals surface area contributed by atoms with E-state index in [2.05, 4.69) is 27.7 Å². The van der Waals surface area contributed by atoms with E-state index in [1.165, 1.54) is 11.3 Å². The number of carbonyl (C=O) groups excluding carboxylic acids is 2. The number of hydrogen-bond donors (Lipinski definition) is 2. The first-order valence-corrected chi connectivity index (χ1v) is 11.4. The third-order valence-electron chi connectivity index (χ3n) is 5.53. The Labute approximate surface area is 187 Å². The number of nitrogens with one attached hydrogen (secondary N) is 2. The van der Waals surface area contributed by atoms with Crippen molar-refractivity contribution in [1.29, 1.82) is 0 Å². The first-order valence-electron chi connectivity index (χ1n) is 10.6. The van der Waals surface area contributed by atoms with Gasteiger partial charge in [-0.3, -0.25) is 14.5 Å². The number of piperidine rings is 1. The number of thiophene rings is 1. The van der Waals surface area contributed by atoms with Gasteiger partial charge in [-0.2, -0.15) is 0 Å². The Kier molecular flexibility index (Phi) is 6.79. The van der Waals surface area contributed by atoms with Gasteiger partial charge < -0.3 is 10.6 Å². The Hall–Kier alpha value is -2.96. The molecule has 5 nitrogen and oxygen atoms in total. The summed E-state index contributed by atoms with van der Waals surface area (Å²) < 4.78 is 0. The van der Waals surface area contributed by atoms with Gasteiger partial charge >= 0.3 is 0 Å². The highest BCUT2D eigenvalue weighted by Gasteiger charge is 2.23. The molecule has 4 rings (SSSR count). The minimum Gasteiger partial charge on any atom is -0.349 e. The van der Waals surface area contributed by atoms with Crippen molar-refractivity contribution in [2.75, 3.05) is 25.0 Å². The Balaban J connectivity index is 1.21. The molecule has 2 heterocycles. The molecule has 0 bridgehead atoms. The van der Waals surface area contributed by atoms with Crippen LogP contribution in [-0.4, -0.2) is 42.4 Å². The molecule has 2 aromatic carbocycles. The SMILES string of the molecule is Cc1ccc(C(=O)NC2CCN(CC(=O)Nc3ccc(-c4ccccc4)cc3)CC2)s1. The van der Waals surface area contributed by atoms with Crippen LogP contribution < -0.4 is 10.6 Å². The van der Waals surface area contributed by atoms with Crippen LogP contribution in [0.4, 0.5) is 5.69 Å². The highest BCUT2D eigenvalue weighted by atomic mass is 32.1. The van der Waals surface area contributed by atoms with E-state index >= 15 is 0 Å². The fourth-order valence-electron chi connectivity index (χ4n) is 3.83. The van der Waals surface area contributed by atoms with Crippen LogP contribution in [0.3, 0.4) is 0 Å². The molecule has 6 heteroatoms. The van der Waals surface area contributed by atoms with Crippen LogP contribution in [0.2, 0.25) is 0 Å². The maximum atomic E-state index is 12.5. The molecule has 0 aliphatic carbocycles. The number of aryl methyl sites for hydroxylation is 1. The summed E-state index contributed by atoms with van der Waals surface area (Å²) in [5.74, 6) is -0.00255. The van der Waals surface area contributed by atoms with E-state index in [1.807, 2.05) is 61.5 Å². The summed E-state index contributed by atoms with van der Waals surface area (Å²) in [7, 11) is 0. The topological polar surface area (TPSA) is 61.4 Å². The molecule has 0 spiro atoms. The number of nitrogens with zero attached hydrogens (tertiary/aromatic N) is 1. The van der Waals surface area contributed by atoms with Gasteiger partial charge in [-0.15, -0.1) is 11.3 Å². The zero-order valence-corrected chi connectivity index (χ0v) is 18.5. The molecule has 1 aliphatic rings. The van der Waals surface area contributed by atoms with Crippen LogP contribution >= 0.6 is 11.3 Å². The minimum atomic E-state index is -0.0102. The number of carbonyl (C=O) groups is 2. The molecule has 2 N–H and O–H groups in total. The fraction of sp³-hybridized carbons (Fsp3) is 0.280. The first-order chi connectivity index (χ1) is 15.1. The molecule has 1 fully saturated rings. The predicted molar refractivity (Wildman–Crippen MR) is 126 cm³/mol. The maximum absolute atomic E-state index is 12.5. The monoisotopic (exact) mass is 433 g/mol. The zero-order chi connectivity index (χ0) is 21.6. The second-order valence-corrected chi connectivity index (χ2v) is 9.21. The predicted octanol–water partition coefficient (Wildman–Crippen LogP) is 4.56. The zero-order valence-electron chi connectivity index (χ0n) is 17.6.